The van der Waals surface area contributed by atoms with Gasteiger partial charge in [-0.15, -0.1) is 0 Å². The number of anilines is 1. The summed E-state index contributed by atoms with van der Waals surface area (Å²) in [4.78, 5) is 0. The Kier molecular flexibility index (Phi) is 6.21. The van der Waals surface area contributed by atoms with Crippen LogP contribution in [0.4, 0.5) is 5.69 Å². The van der Waals surface area contributed by atoms with E-state index in [0.29, 0.717) is 18.3 Å². The molecule has 0 heterocycles. The van der Waals surface area contributed by atoms with Gasteiger partial charge < -0.3 is 15.4 Å². The molecule has 2 rings (SSSR count). The summed E-state index contributed by atoms with van der Waals surface area (Å²) in [5.74, 6) is 0.870. The lowest BCUT2D eigenvalue weighted by molar-refractivity contribution is 0.322. The first-order valence-electron chi connectivity index (χ1n) is 7.05. The smallest absolute Gasteiger partial charge is 0.170 e. The topological polar surface area (TPSA) is 33.3 Å². The van der Waals surface area contributed by atoms with Gasteiger partial charge in [-0.3, -0.25) is 0 Å². The quantitative estimate of drug-likeness (QED) is 0.595. The van der Waals surface area contributed by atoms with Crippen molar-refractivity contribution in [1.82, 2.24) is 5.32 Å². The Labute approximate surface area is 145 Å². The van der Waals surface area contributed by atoms with E-state index in [0.717, 1.165) is 21.5 Å². The fourth-order valence-corrected chi connectivity index (χ4v) is 2.33. The second-order valence-electron chi connectivity index (χ2n) is 5.01. The standard InChI is InChI=1S/C17H19BrN2OS/c1-12-3-6-15(7-4-12)21-10-9-19-17(22)20-14-5-8-16(18)13(2)11-14/h3-8,11H,9-10H2,1-2H3,(H2,19,20,22). The molecule has 0 radical (unpaired) electrons. The number of nitrogens with one attached hydrogen (secondary N) is 2. The molecule has 3 nitrogen and oxygen atoms in total. The fraction of sp³-hybridized carbons (Fsp3) is 0.235. The second-order valence-corrected chi connectivity index (χ2v) is 6.27. The summed E-state index contributed by atoms with van der Waals surface area (Å²) >= 11 is 8.75. The molecule has 5 heteroatoms. The number of rotatable bonds is 5. The molecule has 0 aliphatic carbocycles. The van der Waals surface area contributed by atoms with Gasteiger partial charge in [-0.05, 0) is 62.0 Å². The van der Waals surface area contributed by atoms with Gasteiger partial charge >= 0.3 is 0 Å². The van der Waals surface area contributed by atoms with Crippen LogP contribution in [0.15, 0.2) is 46.9 Å². The Bertz CT molecular complexity index is 644. The lowest BCUT2D eigenvalue weighted by atomic mass is 10.2. The van der Waals surface area contributed by atoms with E-state index in [9.17, 15) is 0 Å². The van der Waals surface area contributed by atoms with E-state index in [1.807, 2.05) is 49.4 Å². The van der Waals surface area contributed by atoms with E-state index in [-0.39, 0.29) is 0 Å². The highest BCUT2D eigenvalue weighted by atomic mass is 79.9. The molecule has 0 saturated carbocycles. The number of ether oxygens (including phenoxy) is 1. The normalized spacial score (nSPS) is 10.1. The average Bonchev–Trinajstić information content (AvgIpc) is 2.49. The van der Waals surface area contributed by atoms with Crippen LogP contribution in [0.2, 0.25) is 0 Å². The van der Waals surface area contributed by atoms with Gasteiger partial charge in [-0.25, -0.2) is 0 Å². The lowest BCUT2D eigenvalue weighted by Crippen LogP contribution is -2.31. The summed E-state index contributed by atoms with van der Waals surface area (Å²) in [7, 11) is 0. The van der Waals surface area contributed by atoms with Crippen molar-refractivity contribution in [2.45, 2.75) is 13.8 Å². The maximum absolute atomic E-state index is 5.64. The summed E-state index contributed by atoms with van der Waals surface area (Å²) in [6.45, 7) is 5.31. The molecule has 0 aliphatic heterocycles. The van der Waals surface area contributed by atoms with Crippen LogP contribution in [0.25, 0.3) is 0 Å². The molecule has 22 heavy (non-hydrogen) atoms. The molecule has 0 amide bonds. The molecule has 0 aromatic heterocycles. The minimum Gasteiger partial charge on any atom is -0.492 e. The van der Waals surface area contributed by atoms with Crippen LogP contribution in [-0.2, 0) is 0 Å². The highest BCUT2D eigenvalue weighted by molar-refractivity contribution is 9.10. The highest BCUT2D eigenvalue weighted by Gasteiger charge is 2.00. The van der Waals surface area contributed by atoms with Crippen LogP contribution in [-0.4, -0.2) is 18.3 Å². The Morgan fingerprint density at radius 2 is 1.86 bits per heavy atom. The molecule has 0 atom stereocenters. The fourth-order valence-electron chi connectivity index (χ4n) is 1.87. The van der Waals surface area contributed by atoms with Crippen LogP contribution in [0, 0.1) is 13.8 Å². The Morgan fingerprint density at radius 1 is 1.14 bits per heavy atom. The van der Waals surface area contributed by atoms with E-state index in [1.165, 1.54) is 5.56 Å². The number of aryl methyl sites for hydroxylation is 2. The summed E-state index contributed by atoms with van der Waals surface area (Å²) in [6.07, 6.45) is 0. The Balaban J connectivity index is 1.71. The molecule has 2 aromatic rings. The monoisotopic (exact) mass is 378 g/mol. The van der Waals surface area contributed by atoms with Gasteiger partial charge in [0.15, 0.2) is 5.11 Å². The molecule has 0 aliphatic rings. The van der Waals surface area contributed by atoms with Crippen molar-refractivity contribution in [3.8, 4) is 5.75 Å². The number of hydrogen-bond donors (Lipinski definition) is 2. The maximum atomic E-state index is 5.64. The first-order valence-corrected chi connectivity index (χ1v) is 8.25. The van der Waals surface area contributed by atoms with Crippen molar-refractivity contribution in [3.05, 3.63) is 58.1 Å². The minimum absolute atomic E-state index is 0.560. The maximum Gasteiger partial charge on any atom is 0.170 e. The van der Waals surface area contributed by atoms with E-state index >= 15 is 0 Å². The molecule has 116 valence electrons. The van der Waals surface area contributed by atoms with Crippen molar-refractivity contribution in [1.29, 1.82) is 0 Å². The summed E-state index contributed by atoms with van der Waals surface area (Å²) in [5, 5.41) is 6.88. The van der Waals surface area contributed by atoms with E-state index in [1.54, 1.807) is 0 Å². The van der Waals surface area contributed by atoms with Gasteiger partial charge in [-0.2, -0.15) is 0 Å². The molecule has 0 saturated heterocycles. The highest BCUT2D eigenvalue weighted by Crippen LogP contribution is 2.19. The predicted octanol–water partition coefficient (Wildman–Crippen LogP) is 4.43. The van der Waals surface area contributed by atoms with Crippen LogP contribution in [0.1, 0.15) is 11.1 Å². The molecule has 2 N–H and O–H groups in total. The van der Waals surface area contributed by atoms with Gasteiger partial charge in [0.25, 0.3) is 0 Å². The van der Waals surface area contributed by atoms with Crippen LogP contribution in [0.5, 0.6) is 5.75 Å². The molecule has 0 fully saturated rings. The second kappa shape index (κ2) is 8.15. The zero-order valence-electron chi connectivity index (χ0n) is 12.7. The van der Waals surface area contributed by atoms with E-state index in [4.69, 9.17) is 17.0 Å². The third-order valence-corrected chi connectivity index (χ3v) is 4.23. The third-order valence-electron chi connectivity index (χ3n) is 3.09. The van der Waals surface area contributed by atoms with Crippen molar-refractivity contribution < 1.29 is 4.74 Å². The van der Waals surface area contributed by atoms with Gasteiger partial charge in [0, 0.05) is 10.2 Å². The molecule has 0 bridgehead atoms. The van der Waals surface area contributed by atoms with E-state index < -0.39 is 0 Å². The number of hydrogen-bond acceptors (Lipinski definition) is 2. The minimum atomic E-state index is 0.560. The Hall–Kier alpha value is -1.59. The third kappa shape index (κ3) is 5.31. The Morgan fingerprint density at radius 3 is 2.55 bits per heavy atom. The zero-order valence-corrected chi connectivity index (χ0v) is 15.1. The van der Waals surface area contributed by atoms with Crippen molar-refractivity contribution in [3.63, 3.8) is 0 Å². The van der Waals surface area contributed by atoms with Crippen molar-refractivity contribution >= 4 is 38.9 Å². The van der Waals surface area contributed by atoms with Crippen LogP contribution < -0.4 is 15.4 Å². The predicted molar refractivity (Wildman–Crippen MR) is 99.8 cm³/mol. The molecule has 0 spiro atoms. The number of thiocarbonyl (C=S) groups is 1. The van der Waals surface area contributed by atoms with Gasteiger partial charge in [-0.1, -0.05) is 33.6 Å². The SMILES string of the molecule is Cc1ccc(OCCNC(=S)Nc2ccc(Br)c(C)c2)cc1. The first-order chi connectivity index (χ1) is 10.5. The average molecular weight is 379 g/mol. The van der Waals surface area contributed by atoms with Crippen LogP contribution in [0.3, 0.4) is 0 Å². The van der Waals surface area contributed by atoms with E-state index in [2.05, 4.69) is 33.5 Å². The summed E-state index contributed by atoms with van der Waals surface area (Å²) in [5.41, 5.74) is 3.36. The number of halogens is 1. The van der Waals surface area contributed by atoms with Gasteiger partial charge in [0.05, 0.1) is 6.54 Å². The first kappa shape index (κ1) is 16.8. The summed E-state index contributed by atoms with van der Waals surface area (Å²) < 4.78 is 6.73. The summed E-state index contributed by atoms with van der Waals surface area (Å²) in [6, 6.07) is 14.0. The molecule has 0 unspecified atom stereocenters. The van der Waals surface area contributed by atoms with Gasteiger partial charge in [0.1, 0.15) is 12.4 Å². The van der Waals surface area contributed by atoms with Crippen molar-refractivity contribution in [2.24, 2.45) is 0 Å². The number of benzene rings is 2. The van der Waals surface area contributed by atoms with Gasteiger partial charge in [0.2, 0.25) is 0 Å². The lowest BCUT2D eigenvalue weighted by Gasteiger charge is -2.12. The zero-order chi connectivity index (χ0) is 15.9. The molecular weight excluding hydrogens is 360 g/mol. The largest absolute Gasteiger partial charge is 0.492 e. The molecule has 2 aromatic carbocycles. The molecular formula is C17H19BrN2OS. The van der Waals surface area contributed by atoms with Crippen molar-refractivity contribution in [2.75, 3.05) is 18.5 Å². The van der Waals surface area contributed by atoms with Crippen LogP contribution >= 0.6 is 28.1 Å².